The number of ether oxygens (including phenoxy) is 1. The molecule has 0 aliphatic carbocycles. The smallest absolute Gasteiger partial charge is 0.416 e. The SMILES string of the molecule is O=C(OCc1ccccc1)N1CCC(c2nc3c4cc(C(F)(F)F)ccc4c4c(=O)[nH]ccc4c3[nH]2)CC1. The molecule has 1 aliphatic rings. The van der Waals surface area contributed by atoms with Gasteiger partial charge in [0.1, 0.15) is 12.4 Å². The van der Waals surface area contributed by atoms with E-state index in [-0.39, 0.29) is 29.6 Å². The molecule has 0 spiro atoms. The van der Waals surface area contributed by atoms with E-state index in [9.17, 15) is 22.8 Å². The Balaban J connectivity index is 1.31. The number of H-pyrrole nitrogens is 2. The summed E-state index contributed by atoms with van der Waals surface area (Å²) in [5.74, 6) is 0.599. The minimum atomic E-state index is -4.53. The number of aromatic nitrogens is 3. The predicted molar refractivity (Wildman–Crippen MR) is 137 cm³/mol. The molecule has 0 saturated carbocycles. The summed E-state index contributed by atoms with van der Waals surface area (Å²) in [6, 6.07) is 14.5. The highest BCUT2D eigenvalue weighted by atomic mass is 19.4. The first-order valence-electron chi connectivity index (χ1n) is 12.3. The van der Waals surface area contributed by atoms with E-state index in [1.165, 1.54) is 12.3 Å². The van der Waals surface area contributed by atoms with Crippen molar-refractivity contribution in [3.63, 3.8) is 0 Å². The van der Waals surface area contributed by atoms with Crippen molar-refractivity contribution in [3.05, 3.63) is 88.1 Å². The standard InChI is InChI=1S/C28H23F3N4O3/c29-28(30,31)18-6-7-19-21(14-18)24-23(20-8-11-32-26(36)22(19)20)33-25(34-24)17-9-12-35(13-10-17)27(37)38-15-16-4-2-1-3-5-16/h1-8,11,14,17H,9-10,12-13,15H2,(H,32,36)(H,33,34). The summed E-state index contributed by atoms with van der Waals surface area (Å²) in [4.78, 5) is 37.6. The third-order valence-electron chi connectivity index (χ3n) is 7.17. The fraction of sp³-hybridized carbons (Fsp3) is 0.250. The number of imidazole rings is 1. The number of piperidine rings is 1. The number of alkyl halides is 3. The Morgan fingerprint density at radius 3 is 2.53 bits per heavy atom. The molecule has 0 radical (unpaired) electrons. The van der Waals surface area contributed by atoms with Gasteiger partial charge in [-0.2, -0.15) is 13.2 Å². The third kappa shape index (κ3) is 4.25. The van der Waals surface area contributed by atoms with Crippen molar-refractivity contribution in [3.8, 4) is 0 Å². The number of nitrogens with zero attached hydrogens (tertiary/aromatic N) is 2. The molecule has 2 aromatic heterocycles. The lowest BCUT2D eigenvalue weighted by Crippen LogP contribution is -2.38. The topological polar surface area (TPSA) is 91.1 Å². The second-order valence-corrected chi connectivity index (χ2v) is 9.50. The number of carbonyl (C=O) groups is 1. The number of nitrogens with one attached hydrogen (secondary N) is 2. The van der Waals surface area contributed by atoms with Gasteiger partial charge in [-0.15, -0.1) is 0 Å². The molecule has 1 fully saturated rings. The van der Waals surface area contributed by atoms with Gasteiger partial charge in [-0.25, -0.2) is 9.78 Å². The number of carbonyl (C=O) groups excluding carboxylic acids is 1. The Labute approximate surface area is 214 Å². The molecule has 0 bridgehead atoms. The minimum Gasteiger partial charge on any atom is -0.445 e. The Kier molecular flexibility index (Phi) is 5.81. The summed E-state index contributed by atoms with van der Waals surface area (Å²) in [7, 11) is 0. The monoisotopic (exact) mass is 520 g/mol. The summed E-state index contributed by atoms with van der Waals surface area (Å²) in [5, 5.41) is 1.59. The van der Waals surface area contributed by atoms with Gasteiger partial charge in [-0.05, 0) is 42.0 Å². The molecule has 38 heavy (non-hydrogen) atoms. The van der Waals surface area contributed by atoms with Crippen LogP contribution < -0.4 is 5.56 Å². The van der Waals surface area contributed by atoms with Crippen LogP contribution in [0.4, 0.5) is 18.0 Å². The zero-order valence-corrected chi connectivity index (χ0v) is 20.1. The minimum absolute atomic E-state index is 0.0292. The number of fused-ring (bicyclic) bond motifs is 6. The lowest BCUT2D eigenvalue weighted by molar-refractivity contribution is -0.137. The van der Waals surface area contributed by atoms with E-state index in [1.807, 2.05) is 30.3 Å². The maximum atomic E-state index is 13.5. The van der Waals surface area contributed by atoms with E-state index in [0.717, 1.165) is 17.7 Å². The lowest BCUT2D eigenvalue weighted by atomic mass is 9.96. The number of benzene rings is 3. The fourth-order valence-electron chi connectivity index (χ4n) is 5.21. The molecule has 5 aromatic rings. The van der Waals surface area contributed by atoms with Crippen molar-refractivity contribution < 1.29 is 22.7 Å². The Hall–Kier alpha value is -4.34. The lowest BCUT2D eigenvalue weighted by Gasteiger charge is -2.30. The number of rotatable bonds is 3. The van der Waals surface area contributed by atoms with Crippen LogP contribution in [0, 0.1) is 0 Å². The molecule has 6 rings (SSSR count). The summed E-state index contributed by atoms with van der Waals surface area (Å²) in [6.07, 6.45) is -2.16. The van der Waals surface area contributed by atoms with Gasteiger partial charge >= 0.3 is 12.3 Å². The number of amides is 1. The first-order chi connectivity index (χ1) is 18.3. The molecule has 0 atom stereocenters. The van der Waals surface area contributed by atoms with Gasteiger partial charge in [-0.1, -0.05) is 36.4 Å². The zero-order chi connectivity index (χ0) is 26.4. The molecular weight excluding hydrogens is 497 g/mol. The highest BCUT2D eigenvalue weighted by molar-refractivity contribution is 6.23. The average molecular weight is 521 g/mol. The summed E-state index contributed by atoms with van der Waals surface area (Å²) < 4.78 is 46.0. The molecule has 2 N–H and O–H groups in total. The number of halogens is 3. The van der Waals surface area contributed by atoms with Gasteiger partial charge < -0.3 is 19.6 Å². The number of hydrogen-bond donors (Lipinski definition) is 2. The van der Waals surface area contributed by atoms with Crippen LogP contribution in [0.1, 0.15) is 35.7 Å². The van der Waals surface area contributed by atoms with Crippen LogP contribution in [0.2, 0.25) is 0 Å². The molecule has 1 amide bonds. The highest BCUT2D eigenvalue weighted by Crippen LogP contribution is 2.38. The summed E-state index contributed by atoms with van der Waals surface area (Å²) in [6.45, 7) is 1.13. The Morgan fingerprint density at radius 2 is 1.79 bits per heavy atom. The molecule has 1 saturated heterocycles. The molecule has 0 unspecified atom stereocenters. The van der Waals surface area contributed by atoms with Gasteiger partial charge in [0.05, 0.1) is 22.0 Å². The summed E-state index contributed by atoms with van der Waals surface area (Å²) >= 11 is 0. The van der Waals surface area contributed by atoms with Crippen molar-refractivity contribution in [2.75, 3.05) is 13.1 Å². The third-order valence-corrected chi connectivity index (χ3v) is 7.17. The largest absolute Gasteiger partial charge is 0.445 e. The van der Waals surface area contributed by atoms with Crippen LogP contribution in [0.5, 0.6) is 0 Å². The Morgan fingerprint density at radius 1 is 1.03 bits per heavy atom. The quantitative estimate of drug-likeness (QED) is 0.282. The van der Waals surface area contributed by atoms with E-state index < -0.39 is 11.7 Å². The van der Waals surface area contributed by atoms with E-state index in [4.69, 9.17) is 9.72 Å². The van der Waals surface area contributed by atoms with Gasteiger partial charge in [0.25, 0.3) is 5.56 Å². The molecule has 1 aliphatic heterocycles. The normalized spacial score (nSPS) is 15.0. The van der Waals surface area contributed by atoms with Crippen LogP contribution in [0.15, 0.2) is 65.6 Å². The first kappa shape index (κ1) is 24.0. The first-order valence-corrected chi connectivity index (χ1v) is 12.3. The highest BCUT2D eigenvalue weighted by Gasteiger charge is 2.32. The van der Waals surface area contributed by atoms with Crippen molar-refractivity contribution >= 4 is 38.7 Å². The Bertz CT molecular complexity index is 1720. The van der Waals surface area contributed by atoms with Crippen LogP contribution >= 0.6 is 0 Å². The van der Waals surface area contributed by atoms with E-state index in [2.05, 4.69) is 9.97 Å². The zero-order valence-electron chi connectivity index (χ0n) is 20.1. The second kappa shape index (κ2) is 9.20. The molecule has 3 heterocycles. The maximum Gasteiger partial charge on any atom is 0.416 e. The van der Waals surface area contributed by atoms with E-state index in [0.29, 0.717) is 58.9 Å². The van der Waals surface area contributed by atoms with Gasteiger partial charge in [0.15, 0.2) is 0 Å². The van der Waals surface area contributed by atoms with Crippen LogP contribution in [0.3, 0.4) is 0 Å². The number of aromatic amines is 2. The van der Waals surface area contributed by atoms with Crippen molar-refractivity contribution in [2.24, 2.45) is 0 Å². The van der Waals surface area contributed by atoms with Gasteiger partial charge in [-0.3, -0.25) is 4.79 Å². The predicted octanol–water partition coefficient (Wildman–Crippen LogP) is 6.09. The molecule has 7 nitrogen and oxygen atoms in total. The maximum absolute atomic E-state index is 13.5. The van der Waals surface area contributed by atoms with E-state index >= 15 is 0 Å². The van der Waals surface area contributed by atoms with Crippen molar-refractivity contribution in [1.82, 2.24) is 19.9 Å². The molecule has 194 valence electrons. The average Bonchev–Trinajstić information content (AvgIpc) is 3.38. The molecule has 10 heteroatoms. The van der Waals surface area contributed by atoms with Crippen LogP contribution in [-0.2, 0) is 17.5 Å². The number of hydrogen-bond acceptors (Lipinski definition) is 4. The number of pyridine rings is 1. The second-order valence-electron chi connectivity index (χ2n) is 9.50. The van der Waals surface area contributed by atoms with Crippen molar-refractivity contribution in [1.29, 1.82) is 0 Å². The summed E-state index contributed by atoms with van der Waals surface area (Å²) in [5.41, 5.74) is 0.643. The van der Waals surface area contributed by atoms with Crippen molar-refractivity contribution in [2.45, 2.75) is 31.5 Å². The van der Waals surface area contributed by atoms with Crippen LogP contribution in [-0.4, -0.2) is 39.0 Å². The number of likely N-dealkylation sites (tertiary alicyclic amines) is 1. The molecule has 3 aromatic carbocycles. The van der Waals surface area contributed by atoms with Gasteiger partial charge in [0, 0.05) is 36.0 Å². The van der Waals surface area contributed by atoms with Crippen LogP contribution in [0.25, 0.3) is 32.6 Å². The fourth-order valence-corrected chi connectivity index (χ4v) is 5.21. The van der Waals surface area contributed by atoms with Gasteiger partial charge in [0.2, 0.25) is 0 Å². The molecular formula is C28H23F3N4O3. The van der Waals surface area contributed by atoms with E-state index in [1.54, 1.807) is 11.0 Å².